The minimum absolute atomic E-state index is 0.192. The Morgan fingerprint density at radius 3 is 3.00 bits per heavy atom. The highest BCUT2D eigenvalue weighted by Crippen LogP contribution is 2.23. The minimum Gasteiger partial charge on any atom is -0.396 e. The first-order valence-corrected chi connectivity index (χ1v) is 6.99. The van der Waals surface area contributed by atoms with E-state index in [1.54, 1.807) is 18.1 Å². The average Bonchev–Trinajstić information content (AvgIpc) is 2.81. The molecule has 0 unspecified atom stereocenters. The second-order valence-corrected chi connectivity index (χ2v) is 5.31. The van der Waals surface area contributed by atoms with Crippen molar-refractivity contribution in [1.29, 1.82) is 0 Å². The quantitative estimate of drug-likeness (QED) is 0.677. The first-order chi connectivity index (χ1) is 8.72. The Hall–Kier alpha value is -1.04. The Morgan fingerprint density at radius 2 is 2.28 bits per heavy atom. The number of rotatable bonds is 5. The van der Waals surface area contributed by atoms with Gasteiger partial charge in [0.1, 0.15) is 6.33 Å². The highest BCUT2D eigenvalue weighted by molar-refractivity contribution is 7.99. The van der Waals surface area contributed by atoms with Crippen LogP contribution in [0.15, 0.2) is 29.7 Å². The third-order valence-electron chi connectivity index (χ3n) is 2.48. The van der Waals surface area contributed by atoms with Crippen molar-refractivity contribution in [2.45, 2.75) is 18.5 Å². The van der Waals surface area contributed by atoms with E-state index in [1.165, 1.54) is 0 Å². The molecule has 0 amide bonds. The largest absolute Gasteiger partial charge is 0.396 e. The maximum Gasteiger partial charge on any atom is 0.195 e. The van der Waals surface area contributed by atoms with Crippen LogP contribution in [0.25, 0.3) is 5.69 Å². The monoisotopic (exact) mass is 283 g/mol. The average molecular weight is 284 g/mol. The van der Waals surface area contributed by atoms with Crippen LogP contribution >= 0.6 is 23.4 Å². The molecule has 1 aromatic heterocycles. The van der Waals surface area contributed by atoms with Gasteiger partial charge in [-0.05, 0) is 31.0 Å². The molecule has 1 heterocycles. The summed E-state index contributed by atoms with van der Waals surface area (Å²) in [5, 5.41) is 18.3. The molecule has 0 aliphatic carbocycles. The van der Waals surface area contributed by atoms with Gasteiger partial charge in [0.25, 0.3) is 0 Å². The fraction of sp³-hybridized carbons (Fsp3) is 0.333. The first-order valence-electron chi connectivity index (χ1n) is 5.62. The first kappa shape index (κ1) is 13.4. The van der Waals surface area contributed by atoms with Crippen LogP contribution < -0.4 is 0 Å². The lowest BCUT2D eigenvalue weighted by atomic mass is 10.2. The summed E-state index contributed by atoms with van der Waals surface area (Å²) < 4.78 is 1.90. The summed E-state index contributed by atoms with van der Waals surface area (Å²) in [6.07, 6.45) is 2.41. The molecule has 4 nitrogen and oxygen atoms in total. The van der Waals surface area contributed by atoms with Crippen LogP contribution in [-0.4, -0.2) is 32.2 Å². The molecule has 96 valence electrons. The van der Waals surface area contributed by atoms with Crippen molar-refractivity contribution in [3.63, 3.8) is 0 Å². The van der Waals surface area contributed by atoms with E-state index in [0.29, 0.717) is 0 Å². The number of hydrogen-bond donors (Lipinski definition) is 1. The van der Waals surface area contributed by atoms with Crippen molar-refractivity contribution in [2.75, 3.05) is 12.4 Å². The van der Waals surface area contributed by atoms with E-state index < -0.39 is 0 Å². The number of hydrogen-bond acceptors (Lipinski definition) is 4. The molecule has 6 heteroatoms. The Morgan fingerprint density at radius 1 is 1.44 bits per heavy atom. The highest BCUT2D eigenvalue weighted by Gasteiger charge is 2.07. The number of halogens is 1. The molecule has 0 bridgehead atoms. The maximum absolute atomic E-state index is 8.77. The summed E-state index contributed by atoms with van der Waals surface area (Å²) in [6, 6.07) is 5.86. The van der Waals surface area contributed by atoms with Gasteiger partial charge in [0.2, 0.25) is 0 Å². The van der Waals surface area contributed by atoms with E-state index in [1.807, 2.05) is 29.7 Å². The van der Waals surface area contributed by atoms with Crippen molar-refractivity contribution < 1.29 is 5.11 Å². The third-order valence-corrected chi connectivity index (χ3v) is 3.92. The molecule has 1 N–H and O–H groups in total. The van der Waals surface area contributed by atoms with Gasteiger partial charge < -0.3 is 5.11 Å². The van der Waals surface area contributed by atoms with Crippen LogP contribution in [-0.2, 0) is 0 Å². The molecule has 0 aliphatic heterocycles. The Balaban J connectivity index is 2.22. The molecular weight excluding hydrogens is 270 g/mol. The third kappa shape index (κ3) is 3.04. The molecule has 18 heavy (non-hydrogen) atoms. The molecule has 2 rings (SSSR count). The van der Waals surface area contributed by atoms with Crippen LogP contribution in [0.2, 0.25) is 5.02 Å². The molecule has 1 aromatic carbocycles. The van der Waals surface area contributed by atoms with Gasteiger partial charge in [0.05, 0.1) is 5.69 Å². The Labute approximate surface area is 115 Å². The smallest absolute Gasteiger partial charge is 0.195 e. The van der Waals surface area contributed by atoms with Crippen molar-refractivity contribution >= 4 is 23.4 Å². The van der Waals surface area contributed by atoms with Gasteiger partial charge in [0, 0.05) is 17.4 Å². The predicted molar refractivity (Wildman–Crippen MR) is 73.5 cm³/mol. The molecule has 0 fully saturated rings. The van der Waals surface area contributed by atoms with Crippen LogP contribution in [0, 0.1) is 6.92 Å². The fourth-order valence-electron chi connectivity index (χ4n) is 1.46. The lowest BCUT2D eigenvalue weighted by Crippen LogP contribution is -1.96. The topological polar surface area (TPSA) is 50.9 Å². The molecule has 0 spiro atoms. The van der Waals surface area contributed by atoms with Gasteiger partial charge in [-0.2, -0.15) is 0 Å². The van der Waals surface area contributed by atoms with E-state index in [4.69, 9.17) is 16.7 Å². The maximum atomic E-state index is 8.77. The van der Waals surface area contributed by atoms with E-state index in [2.05, 4.69) is 10.2 Å². The van der Waals surface area contributed by atoms with Gasteiger partial charge in [0.15, 0.2) is 5.16 Å². The highest BCUT2D eigenvalue weighted by atomic mass is 35.5. The zero-order valence-electron chi connectivity index (χ0n) is 10.0. The SMILES string of the molecule is Cc1ccc(-n2cnnc2SCCCO)cc1Cl. The summed E-state index contributed by atoms with van der Waals surface area (Å²) in [5.74, 6) is 0.814. The molecule has 0 saturated carbocycles. The van der Waals surface area contributed by atoms with Gasteiger partial charge >= 0.3 is 0 Å². The lowest BCUT2D eigenvalue weighted by Gasteiger charge is -2.07. The summed E-state index contributed by atoms with van der Waals surface area (Å²) in [6.45, 7) is 2.16. The number of aliphatic hydroxyl groups is 1. The zero-order valence-corrected chi connectivity index (χ0v) is 11.6. The van der Waals surface area contributed by atoms with E-state index in [-0.39, 0.29) is 6.61 Å². The molecule has 0 radical (unpaired) electrons. The predicted octanol–water partition coefficient (Wildman–Crippen LogP) is 2.70. The van der Waals surface area contributed by atoms with Gasteiger partial charge in [-0.15, -0.1) is 10.2 Å². The molecular formula is C12H14ClN3OS. The standard InChI is InChI=1S/C12H14ClN3OS/c1-9-3-4-10(7-11(9)13)16-8-14-15-12(16)18-6-2-5-17/h3-4,7-8,17H,2,5-6H2,1H3. The Bertz CT molecular complexity index is 530. The second-order valence-electron chi connectivity index (χ2n) is 3.84. The minimum atomic E-state index is 0.192. The van der Waals surface area contributed by atoms with E-state index in [9.17, 15) is 0 Å². The van der Waals surface area contributed by atoms with E-state index >= 15 is 0 Å². The van der Waals surface area contributed by atoms with Crippen molar-refractivity contribution in [2.24, 2.45) is 0 Å². The van der Waals surface area contributed by atoms with Gasteiger partial charge in [-0.25, -0.2) is 0 Å². The zero-order chi connectivity index (χ0) is 13.0. The number of aliphatic hydroxyl groups excluding tert-OH is 1. The van der Waals surface area contributed by atoms with Crippen LogP contribution in [0.3, 0.4) is 0 Å². The number of benzene rings is 1. The van der Waals surface area contributed by atoms with E-state index in [0.717, 1.165) is 33.6 Å². The fourth-order valence-corrected chi connectivity index (χ4v) is 2.49. The number of thioether (sulfide) groups is 1. The molecule has 0 aliphatic rings. The van der Waals surface area contributed by atoms with Crippen molar-refractivity contribution in [3.05, 3.63) is 35.1 Å². The number of aryl methyl sites for hydroxylation is 1. The summed E-state index contributed by atoms with van der Waals surface area (Å²) in [5.41, 5.74) is 1.99. The summed E-state index contributed by atoms with van der Waals surface area (Å²) in [7, 11) is 0. The summed E-state index contributed by atoms with van der Waals surface area (Å²) >= 11 is 7.69. The second kappa shape index (κ2) is 6.22. The number of nitrogens with zero attached hydrogens (tertiary/aromatic N) is 3. The van der Waals surface area contributed by atoms with Crippen LogP contribution in [0.4, 0.5) is 0 Å². The molecule has 2 aromatic rings. The van der Waals surface area contributed by atoms with Crippen LogP contribution in [0.1, 0.15) is 12.0 Å². The summed E-state index contributed by atoms with van der Waals surface area (Å²) in [4.78, 5) is 0. The Kier molecular flexibility index (Phi) is 4.63. The molecule has 0 saturated heterocycles. The molecule has 0 atom stereocenters. The van der Waals surface area contributed by atoms with Crippen LogP contribution in [0.5, 0.6) is 0 Å². The normalized spacial score (nSPS) is 10.8. The van der Waals surface area contributed by atoms with Gasteiger partial charge in [-0.3, -0.25) is 4.57 Å². The number of aromatic nitrogens is 3. The van der Waals surface area contributed by atoms with Gasteiger partial charge in [-0.1, -0.05) is 29.4 Å². The van der Waals surface area contributed by atoms with Crippen molar-refractivity contribution in [3.8, 4) is 5.69 Å². The lowest BCUT2D eigenvalue weighted by molar-refractivity contribution is 0.296. The van der Waals surface area contributed by atoms with Crippen molar-refractivity contribution in [1.82, 2.24) is 14.8 Å².